The first-order valence-corrected chi connectivity index (χ1v) is 7.63. The van der Waals surface area contributed by atoms with Crippen molar-refractivity contribution in [2.45, 2.75) is 25.5 Å². The number of rotatable bonds is 5. The van der Waals surface area contributed by atoms with Gasteiger partial charge >= 0.3 is 0 Å². The number of likely N-dealkylation sites (N-methyl/N-ethyl adjacent to an activating group) is 1. The van der Waals surface area contributed by atoms with E-state index in [1.54, 1.807) is 0 Å². The third-order valence-corrected chi connectivity index (χ3v) is 4.13. The van der Waals surface area contributed by atoms with E-state index in [1.807, 2.05) is 17.9 Å². The predicted octanol–water partition coefficient (Wildman–Crippen LogP) is 1.55. The summed E-state index contributed by atoms with van der Waals surface area (Å²) in [4.78, 5) is 2.32. The molecule has 1 N–H and O–H groups in total. The molecule has 2 atom stereocenters. The average Bonchev–Trinajstić information content (AvgIpc) is 2.71. The molecule has 108 valence electrons. The normalized spacial score (nSPS) is 22.6. The highest BCUT2D eigenvalue weighted by molar-refractivity contribution is 9.10. The zero-order valence-corrected chi connectivity index (χ0v) is 13.5. The van der Waals surface area contributed by atoms with Gasteiger partial charge in [0.05, 0.1) is 35.1 Å². The van der Waals surface area contributed by atoms with Crippen LogP contribution in [0.1, 0.15) is 25.1 Å². The third-order valence-electron chi connectivity index (χ3n) is 3.51. The van der Waals surface area contributed by atoms with Crippen molar-refractivity contribution in [2.75, 3.05) is 33.3 Å². The smallest absolute Gasteiger partial charge is 0.0912 e. The van der Waals surface area contributed by atoms with Crippen LogP contribution in [0.5, 0.6) is 0 Å². The van der Waals surface area contributed by atoms with Crippen molar-refractivity contribution in [3.05, 3.63) is 16.4 Å². The monoisotopic (exact) mass is 330 g/mol. The zero-order valence-electron chi connectivity index (χ0n) is 11.9. The first-order valence-electron chi connectivity index (χ1n) is 6.84. The average molecular weight is 331 g/mol. The van der Waals surface area contributed by atoms with Crippen molar-refractivity contribution in [2.24, 2.45) is 7.05 Å². The number of halogens is 1. The van der Waals surface area contributed by atoms with Crippen molar-refractivity contribution < 1.29 is 4.74 Å². The summed E-state index contributed by atoms with van der Waals surface area (Å²) < 4.78 is 8.94. The minimum Gasteiger partial charge on any atom is -0.374 e. The summed E-state index contributed by atoms with van der Waals surface area (Å²) in [6.07, 6.45) is 3.12. The Morgan fingerprint density at radius 3 is 2.95 bits per heavy atom. The Hall–Kier alpha value is -0.430. The Labute approximate surface area is 123 Å². The number of ether oxygens (including phenoxy) is 1. The van der Waals surface area contributed by atoms with E-state index in [4.69, 9.17) is 4.74 Å². The summed E-state index contributed by atoms with van der Waals surface area (Å²) in [5.41, 5.74) is 1.16. The molecule has 2 unspecified atom stereocenters. The van der Waals surface area contributed by atoms with Crippen LogP contribution in [0, 0.1) is 0 Å². The van der Waals surface area contributed by atoms with Crippen LogP contribution < -0.4 is 5.32 Å². The van der Waals surface area contributed by atoms with Crippen LogP contribution in [0.3, 0.4) is 0 Å². The van der Waals surface area contributed by atoms with E-state index in [0.717, 1.165) is 42.8 Å². The topological polar surface area (TPSA) is 42.3 Å². The van der Waals surface area contributed by atoms with Gasteiger partial charge in [-0.1, -0.05) is 6.92 Å². The van der Waals surface area contributed by atoms with Gasteiger partial charge in [0.15, 0.2) is 0 Å². The van der Waals surface area contributed by atoms with Gasteiger partial charge in [0.25, 0.3) is 0 Å². The first-order chi connectivity index (χ1) is 9.13. The van der Waals surface area contributed by atoms with Gasteiger partial charge in [-0.15, -0.1) is 0 Å². The molecule has 1 aromatic heterocycles. The molecule has 19 heavy (non-hydrogen) atoms. The standard InChI is InChI=1S/C13H23BrN4O/c1-4-5-15-12(11-9-17(2)6-7-19-11)13-10(14)8-16-18(13)3/h8,11-12,15H,4-7,9H2,1-3H3. The molecule has 2 rings (SSSR count). The second-order valence-corrected chi connectivity index (χ2v) is 5.96. The lowest BCUT2D eigenvalue weighted by atomic mass is 10.1. The largest absolute Gasteiger partial charge is 0.374 e. The highest BCUT2D eigenvalue weighted by Crippen LogP contribution is 2.28. The molecular formula is C13H23BrN4O. The van der Waals surface area contributed by atoms with Gasteiger partial charge in [0.2, 0.25) is 0 Å². The van der Waals surface area contributed by atoms with Crippen LogP contribution in [0.4, 0.5) is 0 Å². The molecule has 1 fully saturated rings. The van der Waals surface area contributed by atoms with E-state index in [1.165, 1.54) is 0 Å². The first kappa shape index (κ1) is 15.0. The maximum atomic E-state index is 5.98. The third kappa shape index (κ3) is 3.56. The number of aromatic nitrogens is 2. The van der Waals surface area contributed by atoms with Gasteiger partial charge in [0, 0.05) is 20.1 Å². The molecule has 0 saturated carbocycles. The summed E-state index contributed by atoms with van der Waals surface area (Å²) in [7, 11) is 4.12. The van der Waals surface area contributed by atoms with E-state index >= 15 is 0 Å². The van der Waals surface area contributed by atoms with E-state index in [-0.39, 0.29) is 12.1 Å². The Morgan fingerprint density at radius 2 is 2.37 bits per heavy atom. The fourth-order valence-electron chi connectivity index (χ4n) is 2.49. The lowest BCUT2D eigenvalue weighted by molar-refractivity contribution is -0.0406. The van der Waals surface area contributed by atoms with Gasteiger partial charge in [-0.3, -0.25) is 4.68 Å². The number of morpholine rings is 1. The van der Waals surface area contributed by atoms with Gasteiger partial charge < -0.3 is 15.0 Å². The van der Waals surface area contributed by atoms with Crippen LogP contribution in [0.25, 0.3) is 0 Å². The summed E-state index contributed by atoms with van der Waals surface area (Å²) in [5, 5.41) is 7.92. The maximum Gasteiger partial charge on any atom is 0.0912 e. The molecule has 1 aliphatic rings. The Kier molecular flexibility index (Phi) is 5.38. The van der Waals surface area contributed by atoms with Crippen LogP contribution >= 0.6 is 15.9 Å². The van der Waals surface area contributed by atoms with E-state index in [0.29, 0.717) is 0 Å². The summed E-state index contributed by atoms with van der Waals surface area (Å²) >= 11 is 3.60. The Bertz CT molecular complexity index is 390. The number of nitrogens with one attached hydrogen (secondary N) is 1. The molecule has 1 aromatic rings. The molecule has 1 saturated heterocycles. The van der Waals surface area contributed by atoms with Crippen molar-refractivity contribution >= 4 is 15.9 Å². The SMILES string of the molecule is CCCNC(c1c(Br)cnn1C)C1CN(C)CCO1. The van der Waals surface area contributed by atoms with Gasteiger partial charge in [0.1, 0.15) is 0 Å². The van der Waals surface area contributed by atoms with Crippen molar-refractivity contribution in [1.82, 2.24) is 20.0 Å². The van der Waals surface area contributed by atoms with Gasteiger partial charge in [-0.05, 0) is 35.9 Å². The highest BCUT2D eigenvalue weighted by atomic mass is 79.9. The molecule has 2 heterocycles. The van der Waals surface area contributed by atoms with Crippen molar-refractivity contribution in [1.29, 1.82) is 0 Å². The maximum absolute atomic E-state index is 5.98. The summed E-state index contributed by atoms with van der Waals surface area (Å²) in [6.45, 7) is 5.89. The molecule has 0 aromatic carbocycles. The van der Waals surface area contributed by atoms with Crippen molar-refractivity contribution in [3.8, 4) is 0 Å². The fraction of sp³-hybridized carbons (Fsp3) is 0.769. The molecule has 1 aliphatic heterocycles. The number of hydrogen-bond donors (Lipinski definition) is 1. The van der Waals surface area contributed by atoms with Crippen LogP contribution in [0.2, 0.25) is 0 Å². The molecule has 0 aliphatic carbocycles. The second kappa shape index (κ2) is 6.83. The number of hydrogen-bond acceptors (Lipinski definition) is 4. The second-order valence-electron chi connectivity index (χ2n) is 5.10. The van der Waals surface area contributed by atoms with Crippen molar-refractivity contribution in [3.63, 3.8) is 0 Å². The summed E-state index contributed by atoms with van der Waals surface area (Å²) in [6, 6.07) is 0.171. The Balaban J connectivity index is 2.20. The fourth-order valence-corrected chi connectivity index (χ4v) is 3.08. The quantitative estimate of drug-likeness (QED) is 0.889. The van der Waals surface area contributed by atoms with Crippen LogP contribution in [-0.4, -0.2) is 54.1 Å². The molecule has 6 heteroatoms. The lowest BCUT2D eigenvalue weighted by Crippen LogP contribution is -2.47. The number of nitrogens with zero attached hydrogens (tertiary/aromatic N) is 3. The zero-order chi connectivity index (χ0) is 13.8. The molecule has 0 radical (unpaired) electrons. The van der Waals surface area contributed by atoms with Crippen LogP contribution in [0.15, 0.2) is 10.7 Å². The molecular weight excluding hydrogens is 308 g/mol. The van der Waals surface area contributed by atoms with E-state index in [2.05, 4.69) is 45.2 Å². The minimum atomic E-state index is 0.164. The highest BCUT2D eigenvalue weighted by Gasteiger charge is 2.31. The number of aryl methyl sites for hydroxylation is 1. The minimum absolute atomic E-state index is 0.164. The predicted molar refractivity (Wildman–Crippen MR) is 79.2 cm³/mol. The van der Waals surface area contributed by atoms with E-state index in [9.17, 15) is 0 Å². The Morgan fingerprint density at radius 1 is 1.58 bits per heavy atom. The van der Waals surface area contributed by atoms with Gasteiger partial charge in [-0.25, -0.2) is 0 Å². The summed E-state index contributed by atoms with van der Waals surface area (Å²) in [5.74, 6) is 0. The molecule has 5 nitrogen and oxygen atoms in total. The van der Waals surface area contributed by atoms with E-state index < -0.39 is 0 Å². The molecule has 0 amide bonds. The molecule has 0 bridgehead atoms. The van der Waals surface area contributed by atoms with Gasteiger partial charge in [-0.2, -0.15) is 5.10 Å². The lowest BCUT2D eigenvalue weighted by Gasteiger charge is -2.35. The van der Waals surface area contributed by atoms with Crippen LogP contribution in [-0.2, 0) is 11.8 Å². The molecule has 0 spiro atoms.